The van der Waals surface area contributed by atoms with Crippen LogP contribution in [0, 0.1) is 0 Å². The first-order valence-corrected chi connectivity index (χ1v) is 8.51. The summed E-state index contributed by atoms with van der Waals surface area (Å²) in [5.41, 5.74) is 1.64. The van der Waals surface area contributed by atoms with Crippen molar-refractivity contribution in [2.75, 3.05) is 18.4 Å². The number of rotatable bonds is 6. The lowest BCUT2D eigenvalue weighted by molar-refractivity contribution is -0.143. The molecule has 0 bridgehead atoms. The van der Waals surface area contributed by atoms with Gasteiger partial charge in [0.1, 0.15) is 0 Å². The average Bonchev–Trinajstić information content (AvgIpc) is 2.50. The Kier molecular flexibility index (Phi) is 7.27. The second-order valence-electron chi connectivity index (χ2n) is 6.90. The lowest BCUT2D eigenvalue weighted by atomic mass is 9.86. The van der Waals surface area contributed by atoms with Crippen LogP contribution >= 0.6 is 0 Å². The molecule has 4 heteroatoms. The summed E-state index contributed by atoms with van der Waals surface area (Å²) < 4.78 is 0. The van der Waals surface area contributed by atoms with Gasteiger partial charge in [-0.15, -0.1) is 0 Å². The molecule has 1 N–H and O–H groups in total. The van der Waals surface area contributed by atoms with Gasteiger partial charge in [0, 0.05) is 18.8 Å². The number of hydrogen-bond donors (Lipinski definition) is 1. The molecule has 23 heavy (non-hydrogen) atoms. The van der Waals surface area contributed by atoms with Crippen molar-refractivity contribution in [3.05, 3.63) is 29.8 Å². The van der Waals surface area contributed by atoms with E-state index in [1.165, 1.54) is 0 Å². The number of benzene rings is 1. The molecule has 0 aliphatic heterocycles. The maximum Gasteiger partial charge on any atom is 0.313 e. The largest absolute Gasteiger partial charge is 0.334 e. The highest BCUT2D eigenvalue weighted by atomic mass is 16.2. The molecule has 0 saturated carbocycles. The number of nitrogens with one attached hydrogen (secondary N) is 1. The summed E-state index contributed by atoms with van der Waals surface area (Å²) in [5.74, 6) is -0.990. The molecular formula is C19H30N2O2. The fourth-order valence-corrected chi connectivity index (χ4v) is 2.50. The zero-order valence-electron chi connectivity index (χ0n) is 15.1. The molecular weight excluding hydrogens is 288 g/mol. The summed E-state index contributed by atoms with van der Waals surface area (Å²) in [5, 5.41) is 2.80. The van der Waals surface area contributed by atoms with E-state index in [0.29, 0.717) is 18.8 Å². The Balaban J connectivity index is 2.88. The Morgan fingerprint density at radius 2 is 1.70 bits per heavy atom. The first-order valence-electron chi connectivity index (χ1n) is 8.51. The fourth-order valence-electron chi connectivity index (χ4n) is 2.50. The van der Waals surface area contributed by atoms with E-state index in [1.54, 1.807) is 4.90 Å². The zero-order valence-corrected chi connectivity index (χ0v) is 15.1. The van der Waals surface area contributed by atoms with Gasteiger partial charge < -0.3 is 10.2 Å². The SMILES string of the molecule is CCCCN(CCC)C(=O)C(=O)Nc1ccccc1C(C)(C)C. The molecule has 0 fully saturated rings. The number of carbonyl (C=O) groups is 2. The smallest absolute Gasteiger partial charge is 0.313 e. The molecule has 0 radical (unpaired) electrons. The normalized spacial score (nSPS) is 11.2. The summed E-state index contributed by atoms with van der Waals surface area (Å²) >= 11 is 0. The van der Waals surface area contributed by atoms with Gasteiger partial charge in [-0.05, 0) is 29.9 Å². The first kappa shape index (κ1) is 19.2. The van der Waals surface area contributed by atoms with Crippen molar-refractivity contribution >= 4 is 17.5 Å². The van der Waals surface area contributed by atoms with Crippen LogP contribution in [0.25, 0.3) is 0 Å². The molecule has 0 aromatic heterocycles. The van der Waals surface area contributed by atoms with Crippen molar-refractivity contribution in [2.24, 2.45) is 0 Å². The standard InChI is InChI=1S/C19H30N2O2/c1-6-8-14-21(13-7-2)18(23)17(22)20-16-12-10-9-11-15(16)19(3,4)5/h9-12H,6-8,13-14H2,1-5H3,(H,20,22). The molecule has 0 atom stereocenters. The number of amides is 2. The van der Waals surface area contributed by atoms with E-state index in [0.717, 1.165) is 24.8 Å². The van der Waals surface area contributed by atoms with Crippen molar-refractivity contribution < 1.29 is 9.59 Å². The number of nitrogens with zero attached hydrogens (tertiary/aromatic N) is 1. The third kappa shape index (κ3) is 5.70. The fraction of sp³-hybridized carbons (Fsp3) is 0.579. The van der Waals surface area contributed by atoms with Gasteiger partial charge in [-0.1, -0.05) is 59.2 Å². The number of unbranched alkanes of at least 4 members (excludes halogenated alkanes) is 1. The monoisotopic (exact) mass is 318 g/mol. The molecule has 1 rings (SSSR count). The predicted molar refractivity (Wildman–Crippen MR) is 95.6 cm³/mol. The average molecular weight is 318 g/mol. The quantitative estimate of drug-likeness (QED) is 0.807. The zero-order chi connectivity index (χ0) is 17.5. The van der Waals surface area contributed by atoms with Gasteiger partial charge in [-0.25, -0.2) is 0 Å². The van der Waals surface area contributed by atoms with Crippen LogP contribution in [0.5, 0.6) is 0 Å². The van der Waals surface area contributed by atoms with Crippen LogP contribution in [0.1, 0.15) is 59.4 Å². The molecule has 0 unspecified atom stereocenters. The number of para-hydroxylation sites is 1. The number of carbonyl (C=O) groups excluding carboxylic acids is 2. The van der Waals surface area contributed by atoms with Crippen LogP contribution in [-0.2, 0) is 15.0 Å². The minimum absolute atomic E-state index is 0.0990. The molecule has 0 aliphatic rings. The Morgan fingerprint density at radius 3 is 2.26 bits per heavy atom. The molecule has 128 valence electrons. The number of anilines is 1. The molecule has 0 saturated heterocycles. The molecule has 0 aliphatic carbocycles. The summed E-state index contributed by atoms with van der Waals surface area (Å²) in [6.45, 7) is 11.6. The van der Waals surface area contributed by atoms with E-state index in [4.69, 9.17) is 0 Å². The second kappa shape index (κ2) is 8.70. The van der Waals surface area contributed by atoms with Gasteiger partial charge in [-0.3, -0.25) is 9.59 Å². The van der Waals surface area contributed by atoms with E-state index < -0.39 is 11.8 Å². The van der Waals surface area contributed by atoms with Crippen molar-refractivity contribution in [1.82, 2.24) is 4.90 Å². The van der Waals surface area contributed by atoms with E-state index in [2.05, 4.69) is 33.0 Å². The predicted octanol–water partition coefficient (Wildman–Crippen LogP) is 3.96. The van der Waals surface area contributed by atoms with Gasteiger partial charge in [0.15, 0.2) is 0 Å². The van der Waals surface area contributed by atoms with Crippen LogP contribution in [0.2, 0.25) is 0 Å². The van der Waals surface area contributed by atoms with Gasteiger partial charge in [0.2, 0.25) is 0 Å². The van der Waals surface area contributed by atoms with Gasteiger partial charge in [0.25, 0.3) is 0 Å². The van der Waals surface area contributed by atoms with Gasteiger partial charge >= 0.3 is 11.8 Å². The Hall–Kier alpha value is -1.84. The van der Waals surface area contributed by atoms with Crippen molar-refractivity contribution in [2.45, 2.75) is 59.3 Å². The van der Waals surface area contributed by atoms with E-state index >= 15 is 0 Å². The first-order chi connectivity index (χ1) is 10.8. The van der Waals surface area contributed by atoms with Crippen molar-refractivity contribution in [3.63, 3.8) is 0 Å². The van der Waals surface area contributed by atoms with Crippen LogP contribution < -0.4 is 5.32 Å². The summed E-state index contributed by atoms with van der Waals surface area (Å²) in [7, 11) is 0. The van der Waals surface area contributed by atoms with Gasteiger partial charge in [-0.2, -0.15) is 0 Å². The van der Waals surface area contributed by atoms with Crippen LogP contribution in [0.4, 0.5) is 5.69 Å². The lowest BCUT2D eigenvalue weighted by Crippen LogP contribution is -2.41. The summed E-state index contributed by atoms with van der Waals surface area (Å²) in [4.78, 5) is 26.4. The number of hydrogen-bond acceptors (Lipinski definition) is 2. The Labute approximate surface area is 140 Å². The van der Waals surface area contributed by atoms with Crippen molar-refractivity contribution in [1.29, 1.82) is 0 Å². The van der Waals surface area contributed by atoms with Crippen LogP contribution in [-0.4, -0.2) is 29.8 Å². The molecule has 2 amide bonds. The highest BCUT2D eigenvalue weighted by molar-refractivity contribution is 6.39. The maximum absolute atomic E-state index is 12.4. The minimum atomic E-state index is -0.550. The van der Waals surface area contributed by atoms with Gasteiger partial charge in [0.05, 0.1) is 0 Å². The molecule has 1 aromatic rings. The molecule has 0 heterocycles. The topological polar surface area (TPSA) is 49.4 Å². The lowest BCUT2D eigenvalue weighted by Gasteiger charge is -2.24. The van der Waals surface area contributed by atoms with E-state index in [-0.39, 0.29) is 5.41 Å². The maximum atomic E-state index is 12.4. The molecule has 1 aromatic carbocycles. The van der Waals surface area contributed by atoms with Crippen LogP contribution in [0.3, 0.4) is 0 Å². The third-order valence-corrected chi connectivity index (χ3v) is 3.74. The summed E-state index contributed by atoms with van der Waals surface area (Å²) in [6, 6.07) is 7.65. The summed E-state index contributed by atoms with van der Waals surface area (Å²) in [6.07, 6.45) is 2.76. The third-order valence-electron chi connectivity index (χ3n) is 3.74. The van der Waals surface area contributed by atoms with E-state index in [9.17, 15) is 9.59 Å². The van der Waals surface area contributed by atoms with Crippen molar-refractivity contribution in [3.8, 4) is 0 Å². The Bertz CT molecular complexity index is 532. The minimum Gasteiger partial charge on any atom is -0.334 e. The highest BCUT2D eigenvalue weighted by Crippen LogP contribution is 2.29. The second-order valence-corrected chi connectivity index (χ2v) is 6.90. The molecule has 4 nitrogen and oxygen atoms in total. The molecule has 0 spiro atoms. The van der Waals surface area contributed by atoms with Crippen LogP contribution in [0.15, 0.2) is 24.3 Å². The highest BCUT2D eigenvalue weighted by Gasteiger charge is 2.24. The van der Waals surface area contributed by atoms with E-state index in [1.807, 2.05) is 31.2 Å². The Morgan fingerprint density at radius 1 is 1.04 bits per heavy atom.